The molecule has 0 amide bonds. The second-order valence-electron chi connectivity index (χ2n) is 3.15. The Morgan fingerprint density at radius 3 is 3.00 bits per heavy atom. The molecular formula is C9H9ClO. The highest BCUT2D eigenvalue weighted by Gasteiger charge is 2.36. The Bertz CT molecular complexity index is 254. The van der Waals surface area contributed by atoms with Crippen molar-refractivity contribution >= 4 is 17.4 Å². The Balaban J connectivity index is 2.46. The molecule has 2 heteroatoms. The molecule has 0 saturated carbocycles. The van der Waals surface area contributed by atoms with Crippen molar-refractivity contribution in [2.45, 2.75) is 17.7 Å². The van der Waals surface area contributed by atoms with Gasteiger partial charge >= 0.3 is 0 Å². The molecule has 1 nitrogen and oxygen atoms in total. The Kier molecular flexibility index (Phi) is 1.43. The van der Waals surface area contributed by atoms with Gasteiger partial charge in [-0.2, -0.15) is 0 Å². The van der Waals surface area contributed by atoms with Crippen LogP contribution in [0, 0.1) is 5.92 Å². The predicted molar refractivity (Wildman–Crippen MR) is 44.6 cm³/mol. The number of carbonyl (C=O) groups excluding carboxylic acids is 1. The first-order valence-corrected chi connectivity index (χ1v) is 4.19. The summed E-state index contributed by atoms with van der Waals surface area (Å²) in [5, 5.41) is 0. The first kappa shape index (κ1) is 7.11. The van der Waals surface area contributed by atoms with Gasteiger partial charge in [-0.05, 0) is 24.8 Å². The van der Waals surface area contributed by atoms with Crippen LogP contribution < -0.4 is 0 Å². The number of rotatable bonds is 0. The van der Waals surface area contributed by atoms with E-state index in [-0.39, 0.29) is 5.78 Å². The minimum Gasteiger partial charge on any atom is -0.292 e. The summed E-state index contributed by atoms with van der Waals surface area (Å²) in [6.45, 7) is 0. The van der Waals surface area contributed by atoms with E-state index in [2.05, 4.69) is 0 Å². The molecule has 0 aromatic rings. The van der Waals surface area contributed by atoms with Crippen LogP contribution in [0.4, 0.5) is 0 Å². The van der Waals surface area contributed by atoms with Gasteiger partial charge in [-0.1, -0.05) is 18.2 Å². The van der Waals surface area contributed by atoms with Crippen molar-refractivity contribution in [3.8, 4) is 0 Å². The number of carbonyl (C=O) groups is 1. The summed E-state index contributed by atoms with van der Waals surface area (Å²) in [7, 11) is 0. The van der Waals surface area contributed by atoms with Crippen molar-refractivity contribution in [1.29, 1.82) is 0 Å². The smallest absolute Gasteiger partial charge is 0.180 e. The minimum atomic E-state index is -0.705. The number of fused-ring (bicyclic) bond motifs is 2. The molecule has 3 rings (SSSR count). The van der Waals surface area contributed by atoms with Crippen LogP contribution in [0.25, 0.3) is 0 Å². The standard InChI is InChI=1S/C9H9ClO/c10-9-5-3-7(4-6-9)1-2-8(9)11/h1-3,5,7H,4,6H2/t7-,9-/m0/s1. The molecule has 0 spiro atoms. The maximum Gasteiger partial charge on any atom is 0.180 e. The van der Waals surface area contributed by atoms with Gasteiger partial charge in [0.05, 0.1) is 0 Å². The Morgan fingerprint density at radius 2 is 2.36 bits per heavy atom. The molecular weight excluding hydrogens is 160 g/mol. The summed E-state index contributed by atoms with van der Waals surface area (Å²) in [5.41, 5.74) is 0. The summed E-state index contributed by atoms with van der Waals surface area (Å²) in [6, 6.07) is 0. The Morgan fingerprint density at radius 1 is 1.55 bits per heavy atom. The second-order valence-corrected chi connectivity index (χ2v) is 3.82. The van der Waals surface area contributed by atoms with Crippen molar-refractivity contribution in [2.75, 3.05) is 0 Å². The van der Waals surface area contributed by atoms with Gasteiger partial charge in [0.1, 0.15) is 4.87 Å². The van der Waals surface area contributed by atoms with E-state index in [1.807, 2.05) is 18.2 Å². The number of alkyl halides is 1. The van der Waals surface area contributed by atoms with E-state index in [1.54, 1.807) is 6.08 Å². The molecule has 0 aliphatic heterocycles. The predicted octanol–water partition coefficient (Wildman–Crippen LogP) is 2.07. The molecule has 0 aromatic heterocycles. The molecule has 0 unspecified atom stereocenters. The summed E-state index contributed by atoms with van der Waals surface area (Å²) >= 11 is 6.06. The van der Waals surface area contributed by atoms with Gasteiger partial charge in [0.25, 0.3) is 0 Å². The van der Waals surface area contributed by atoms with E-state index in [9.17, 15) is 4.79 Å². The molecule has 3 aliphatic carbocycles. The van der Waals surface area contributed by atoms with Gasteiger partial charge in [-0.15, -0.1) is 11.6 Å². The maximum atomic E-state index is 11.3. The lowest BCUT2D eigenvalue weighted by Gasteiger charge is -2.23. The van der Waals surface area contributed by atoms with Crippen LogP contribution in [0.5, 0.6) is 0 Å². The lowest BCUT2D eigenvalue weighted by atomic mass is 9.89. The monoisotopic (exact) mass is 168 g/mol. The molecule has 0 radical (unpaired) electrons. The van der Waals surface area contributed by atoms with Gasteiger partial charge in [-0.3, -0.25) is 4.79 Å². The average molecular weight is 169 g/mol. The fourth-order valence-electron chi connectivity index (χ4n) is 1.55. The van der Waals surface area contributed by atoms with Crippen LogP contribution in [0.1, 0.15) is 12.8 Å². The number of allylic oxidation sites excluding steroid dienone is 4. The van der Waals surface area contributed by atoms with Gasteiger partial charge in [0, 0.05) is 0 Å². The fraction of sp³-hybridized carbons (Fsp3) is 0.444. The number of halogens is 1. The van der Waals surface area contributed by atoms with E-state index in [4.69, 9.17) is 11.6 Å². The van der Waals surface area contributed by atoms with Crippen molar-refractivity contribution in [3.63, 3.8) is 0 Å². The van der Waals surface area contributed by atoms with Crippen LogP contribution in [0.15, 0.2) is 24.3 Å². The SMILES string of the molecule is O=C1C=C[C@H]2C=C[C@]1(Cl)CC2. The molecule has 0 fully saturated rings. The topological polar surface area (TPSA) is 17.1 Å². The van der Waals surface area contributed by atoms with Crippen molar-refractivity contribution < 1.29 is 4.79 Å². The molecule has 58 valence electrons. The summed E-state index contributed by atoms with van der Waals surface area (Å²) in [4.78, 5) is 10.6. The molecule has 3 aliphatic rings. The van der Waals surface area contributed by atoms with Crippen LogP contribution in [0.3, 0.4) is 0 Å². The first-order chi connectivity index (χ1) is 5.21. The molecule has 0 saturated heterocycles. The molecule has 2 bridgehead atoms. The highest BCUT2D eigenvalue weighted by molar-refractivity contribution is 6.38. The van der Waals surface area contributed by atoms with Crippen molar-refractivity contribution in [1.82, 2.24) is 0 Å². The summed E-state index contributed by atoms with van der Waals surface area (Å²) in [5.74, 6) is 0.476. The summed E-state index contributed by atoms with van der Waals surface area (Å²) < 4.78 is 0. The molecule has 0 aromatic carbocycles. The molecule has 0 N–H and O–H groups in total. The zero-order valence-electron chi connectivity index (χ0n) is 6.09. The van der Waals surface area contributed by atoms with E-state index < -0.39 is 4.87 Å². The lowest BCUT2D eigenvalue weighted by molar-refractivity contribution is -0.116. The van der Waals surface area contributed by atoms with Gasteiger partial charge < -0.3 is 0 Å². The van der Waals surface area contributed by atoms with Crippen LogP contribution in [-0.4, -0.2) is 10.7 Å². The quantitative estimate of drug-likeness (QED) is 0.400. The molecule has 11 heavy (non-hydrogen) atoms. The molecule has 2 atom stereocenters. The van der Waals surface area contributed by atoms with Gasteiger partial charge in [0.15, 0.2) is 5.78 Å². The van der Waals surface area contributed by atoms with E-state index >= 15 is 0 Å². The minimum absolute atomic E-state index is 0.0374. The lowest BCUT2D eigenvalue weighted by Crippen LogP contribution is -2.29. The second kappa shape index (κ2) is 2.21. The average Bonchev–Trinajstić information content (AvgIpc) is 2.22. The van der Waals surface area contributed by atoms with Crippen LogP contribution in [0.2, 0.25) is 0 Å². The molecule has 0 heterocycles. The van der Waals surface area contributed by atoms with Crippen LogP contribution >= 0.6 is 11.6 Å². The van der Waals surface area contributed by atoms with Gasteiger partial charge in [-0.25, -0.2) is 0 Å². The third-order valence-corrected chi connectivity index (χ3v) is 2.85. The Hall–Kier alpha value is -0.560. The van der Waals surface area contributed by atoms with E-state index in [0.717, 1.165) is 12.8 Å². The van der Waals surface area contributed by atoms with E-state index in [1.165, 1.54) is 0 Å². The first-order valence-electron chi connectivity index (χ1n) is 3.82. The van der Waals surface area contributed by atoms with Gasteiger partial charge in [0.2, 0.25) is 0 Å². The maximum absolute atomic E-state index is 11.3. The largest absolute Gasteiger partial charge is 0.292 e. The zero-order chi connectivity index (χ0) is 7.90. The zero-order valence-corrected chi connectivity index (χ0v) is 6.84. The highest BCUT2D eigenvalue weighted by atomic mass is 35.5. The number of hydrogen-bond acceptors (Lipinski definition) is 1. The fourth-order valence-corrected chi connectivity index (χ4v) is 1.79. The number of ketones is 1. The van der Waals surface area contributed by atoms with Crippen molar-refractivity contribution in [3.05, 3.63) is 24.3 Å². The third kappa shape index (κ3) is 1.04. The van der Waals surface area contributed by atoms with E-state index in [0.29, 0.717) is 5.92 Å². The summed E-state index contributed by atoms with van der Waals surface area (Å²) in [6.07, 6.45) is 9.20. The third-order valence-electron chi connectivity index (χ3n) is 2.35. The van der Waals surface area contributed by atoms with Crippen LogP contribution in [-0.2, 0) is 4.79 Å². The highest BCUT2D eigenvalue weighted by Crippen LogP contribution is 2.35. The Labute approximate surface area is 70.7 Å². The normalized spacial score (nSPS) is 41.2. The number of hydrogen-bond donors (Lipinski definition) is 0. The van der Waals surface area contributed by atoms with Crippen molar-refractivity contribution in [2.24, 2.45) is 5.92 Å².